The number of amides is 1. The molecule has 1 fully saturated rings. The van der Waals surface area contributed by atoms with Gasteiger partial charge in [-0.25, -0.2) is 12.4 Å². The molecule has 4 rings (SSSR count). The fourth-order valence-electron chi connectivity index (χ4n) is 4.03. The third kappa shape index (κ3) is 5.37. The normalized spacial score (nSPS) is 21.5. The minimum absolute atomic E-state index is 0.0627. The zero-order chi connectivity index (χ0) is 21.8. The maximum atomic E-state index is 13.6. The SMILES string of the molecule is CNCc1cc(C2=CCCCC2)n(S(=O)(=O)C2=CC=CC(OCC(=O)NC3CC3)C2)c1. The fourth-order valence-corrected chi connectivity index (χ4v) is 5.62. The zero-order valence-corrected chi connectivity index (χ0v) is 18.8. The quantitative estimate of drug-likeness (QED) is 0.610. The van der Waals surface area contributed by atoms with Crippen molar-refractivity contribution in [2.45, 2.75) is 63.6 Å². The number of allylic oxidation sites excluding steroid dienone is 4. The summed E-state index contributed by atoms with van der Waals surface area (Å²) in [5, 5.41) is 5.98. The molecule has 31 heavy (non-hydrogen) atoms. The highest BCUT2D eigenvalue weighted by molar-refractivity contribution is 7.93. The monoisotopic (exact) mass is 445 g/mol. The molecule has 0 aliphatic heterocycles. The molecule has 0 saturated heterocycles. The minimum Gasteiger partial charge on any atom is -0.364 e. The smallest absolute Gasteiger partial charge is 0.264 e. The molecule has 2 N–H and O–H groups in total. The standard InChI is InChI=1S/C23H31N3O4S/c1-24-14-17-12-22(18-6-3-2-4-7-18)26(15-17)31(28,29)21-9-5-8-20(13-21)30-16-23(27)25-19-10-11-19/h5-6,8-9,12,15,19-20,24H,2-4,7,10-11,13-14,16H2,1H3,(H,25,27). The first kappa shape index (κ1) is 22.0. The van der Waals surface area contributed by atoms with Gasteiger partial charge in [0.2, 0.25) is 5.91 Å². The third-order valence-electron chi connectivity index (χ3n) is 5.81. The molecular weight excluding hydrogens is 414 g/mol. The van der Waals surface area contributed by atoms with E-state index in [0.29, 0.717) is 11.4 Å². The molecule has 1 amide bonds. The molecule has 8 heteroatoms. The summed E-state index contributed by atoms with van der Waals surface area (Å²) in [5.74, 6) is -0.150. The van der Waals surface area contributed by atoms with Crippen LogP contribution in [0.5, 0.6) is 0 Å². The van der Waals surface area contributed by atoms with Crippen molar-refractivity contribution in [3.8, 4) is 0 Å². The van der Waals surface area contributed by atoms with Crippen LogP contribution in [0.2, 0.25) is 0 Å². The second-order valence-corrected chi connectivity index (χ2v) is 10.3. The van der Waals surface area contributed by atoms with E-state index in [1.54, 1.807) is 24.4 Å². The van der Waals surface area contributed by atoms with Gasteiger partial charge in [-0.1, -0.05) is 18.2 Å². The average Bonchev–Trinajstić information content (AvgIpc) is 3.48. The van der Waals surface area contributed by atoms with Crippen LogP contribution in [0.4, 0.5) is 0 Å². The summed E-state index contributed by atoms with van der Waals surface area (Å²) in [6.07, 6.45) is 14.9. The van der Waals surface area contributed by atoms with E-state index >= 15 is 0 Å². The molecule has 1 saturated carbocycles. The van der Waals surface area contributed by atoms with Gasteiger partial charge in [0.25, 0.3) is 10.0 Å². The molecule has 7 nitrogen and oxygen atoms in total. The molecule has 1 heterocycles. The van der Waals surface area contributed by atoms with Gasteiger partial charge in [0.15, 0.2) is 0 Å². The van der Waals surface area contributed by atoms with Crippen LogP contribution in [0.25, 0.3) is 5.57 Å². The van der Waals surface area contributed by atoms with E-state index in [0.717, 1.165) is 55.4 Å². The lowest BCUT2D eigenvalue weighted by atomic mass is 9.97. The molecule has 168 valence electrons. The highest BCUT2D eigenvalue weighted by Crippen LogP contribution is 2.32. The highest BCUT2D eigenvalue weighted by atomic mass is 32.2. The zero-order valence-electron chi connectivity index (χ0n) is 18.0. The second-order valence-electron chi connectivity index (χ2n) is 8.45. The molecule has 0 spiro atoms. The van der Waals surface area contributed by atoms with Gasteiger partial charge in [0.05, 0.1) is 16.7 Å². The van der Waals surface area contributed by atoms with Gasteiger partial charge in [0, 0.05) is 25.2 Å². The minimum atomic E-state index is -3.74. The fraction of sp³-hybridized carbons (Fsp3) is 0.522. The van der Waals surface area contributed by atoms with E-state index in [2.05, 4.69) is 16.7 Å². The topological polar surface area (TPSA) is 89.4 Å². The van der Waals surface area contributed by atoms with Gasteiger partial charge >= 0.3 is 0 Å². The van der Waals surface area contributed by atoms with Gasteiger partial charge in [-0.3, -0.25) is 4.79 Å². The number of aromatic nitrogens is 1. The van der Waals surface area contributed by atoms with E-state index in [1.807, 2.05) is 13.1 Å². The summed E-state index contributed by atoms with van der Waals surface area (Å²) in [6, 6.07) is 2.25. The molecule has 0 bridgehead atoms. The Balaban J connectivity index is 1.52. The predicted molar refractivity (Wildman–Crippen MR) is 121 cm³/mol. The van der Waals surface area contributed by atoms with E-state index in [9.17, 15) is 13.2 Å². The number of carbonyl (C=O) groups excluding carboxylic acids is 1. The first-order valence-corrected chi connectivity index (χ1v) is 12.5. The molecule has 1 unspecified atom stereocenters. The largest absolute Gasteiger partial charge is 0.364 e. The Morgan fingerprint density at radius 1 is 1.29 bits per heavy atom. The summed E-state index contributed by atoms with van der Waals surface area (Å²) in [6.45, 7) is 0.538. The van der Waals surface area contributed by atoms with Gasteiger partial charge in [-0.2, -0.15) is 0 Å². The van der Waals surface area contributed by atoms with Crippen molar-refractivity contribution in [2.24, 2.45) is 0 Å². The van der Waals surface area contributed by atoms with E-state index < -0.39 is 16.1 Å². The Bertz CT molecular complexity index is 1020. The second kappa shape index (κ2) is 9.54. The Kier molecular flexibility index (Phi) is 6.79. The molecule has 1 aromatic rings. The van der Waals surface area contributed by atoms with Crippen molar-refractivity contribution >= 4 is 21.5 Å². The lowest BCUT2D eigenvalue weighted by Crippen LogP contribution is -2.31. The maximum Gasteiger partial charge on any atom is 0.264 e. The van der Waals surface area contributed by atoms with E-state index in [1.165, 1.54) is 3.97 Å². The summed E-state index contributed by atoms with van der Waals surface area (Å²) < 4.78 is 34.3. The van der Waals surface area contributed by atoms with Gasteiger partial charge < -0.3 is 15.4 Å². The summed E-state index contributed by atoms with van der Waals surface area (Å²) in [5.41, 5.74) is 2.78. The van der Waals surface area contributed by atoms with Gasteiger partial charge in [-0.15, -0.1) is 0 Å². The number of hydrogen-bond donors (Lipinski definition) is 2. The van der Waals surface area contributed by atoms with Crippen molar-refractivity contribution in [1.82, 2.24) is 14.6 Å². The van der Waals surface area contributed by atoms with Crippen LogP contribution in [-0.2, 0) is 26.1 Å². The molecular formula is C23H31N3O4S. The molecule has 1 atom stereocenters. The lowest BCUT2D eigenvalue weighted by Gasteiger charge is -2.21. The summed E-state index contributed by atoms with van der Waals surface area (Å²) in [4.78, 5) is 12.2. The average molecular weight is 446 g/mol. The molecule has 3 aliphatic carbocycles. The first-order chi connectivity index (χ1) is 15.0. The Labute approximate surface area is 184 Å². The lowest BCUT2D eigenvalue weighted by molar-refractivity contribution is -0.126. The number of carbonyl (C=O) groups is 1. The molecule has 1 aromatic heterocycles. The number of ether oxygens (including phenoxy) is 1. The van der Waals surface area contributed by atoms with Crippen LogP contribution >= 0.6 is 0 Å². The third-order valence-corrected chi connectivity index (χ3v) is 7.60. The number of nitrogens with zero attached hydrogens (tertiary/aromatic N) is 1. The first-order valence-electron chi connectivity index (χ1n) is 11.1. The number of rotatable bonds is 9. The van der Waals surface area contributed by atoms with Crippen molar-refractivity contribution in [3.63, 3.8) is 0 Å². The highest BCUT2D eigenvalue weighted by Gasteiger charge is 2.29. The maximum absolute atomic E-state index is 13.6. The van der Waals surface area contributed by atoms with E-state index in [4.69, 9.17) is 4.74 Å². The van der Waals surface area contributed by atoms with Crippen LogP contribution in [0, 0.1) is 0 Å². The summed E-state index contributed by atoms with van der Waals surface area (Å²) in [7, 11) is -1.89. The van der Waals surface area contributed by atoms with Crippen LogP contribution in [0.1, 0.15) is 56.2 Å². The predicted octanol–water partition coefficient (Wildman–Crippen LogP) is 2.85. The molecule has 0 aromatic carbocycles. The van der Waals surface area contributed by atoms with Crippen LogP contribution in [-0.4, -0.2) is 44.1 Å². The van der Waals surface area contributed by atoms with Crippen molar-refractivity contribution in [1.29, 1.82) is 0 Å². The van der Waals surface area contributed by atoms with Gasteiger partial charge in [-0.05, 0) is 68.9 Å². The Morgan fingerprint density at radius 3 is 2.84 bits per heavy atom. The van der Waals surface area contributed by atoms with Crippen LogP contribution < -0.4 is 10.6 Å². The molecule has 0 radical (unpaired) electrons. The van der Waals surface area contributed by atoms with Crippen molar-refractivity contribution < 1.29 is 17.9 Å². The Morgan fingerprint density at radius 2 is 2.13 bits per heavy atom. The Hall–Kier alpha value is -2.16. The van der Waals surface area contributed by atoms with Crippen LogP contribution in [0.3, 0.4) is 0 Å². The van der Waals surface area contributed by atoms with Crippen LogP contribution in [0.15, 0.2) is 41.5 Å². The summed E-state index contributed by atoms with van der Waals surface area (Å²) >= 11 is 0. The van der Waals surface area contributed by atoms with Crippen molar-refractivity contribution in [3.05, 3.63) is 52.7 Å². The van der Waals surface area contributed by atoms with E-state index in [-0.39, 0.29) is 25.0 Å². The van der Waals surface area contributed by atoms with Gasteiger partial charge in [0.1, 0.15) is 6.61 Å². The molecule has 3 aliphatic rings. The number of hydrogen-bond acceptors (Lipinski definition) is 5. The van der Waals surface area contributed by atoms with Crippen molar-refractivity contribution in [2.75, 3.05) is 13.7 Å². The number of nitrogens with one attached hydrogen (secondary N) is 2.